The third kappa shape index (κ3) is 2.40. The molecule has 20 heavy (non-hydrogen) atoms. The highest BCUT2D eigenvalue weighted by atomic mass is 16.7. The Bertz CT molecular complexity index is 479. The minimum atomic E-state index is -0.283. The van der Waals surface area contributed by atoms with Crippen LogP contribution in [0.25, 0.3) is 0 Å². The van der Waals surface area contributed by atoms with Crippen LogP contribution in [0.15, 0.2) is 18.3 Å². The minimum Gasteiger partial charge on any atom is -0.399 e. The van der Waals surface area contributed by atoms with E-state index in [0.717, 1.165) is 5.46 Å². The second kappa shape index (κ2) is 4.85. The Morgan fingerprint density at radius 3 is 2.30 bits per heavy atom. The van der Waals surface area contributed by atoms with Gasteiger partial charge >= 0.3 is 7.12 Å². The molecular weight excluding hydrogens is 249 g/mol. The fourth-order valence-corrected chi connectivity index (χ4v) is 3.04. The molecule has 0 radical (unpaired) electrons. The van der Waals surface area contributed by atoms with Crippen molar-refractivity contribution in [3.63, 3.8) is 0 Å². The summed E-state index contributed by atoms with van der Waals surface area (Å²) in [7, 11) is -0.275. The van der Waals surface area contributed by atoms with E-state index in [0.29, 0.717) is 5.92 Å². The molecule has 1 aliphatic heterocycles. The van der Waals surface area contributed by atoms with Crippen LogP contribution in [0.2, 0.25) is 0 Å². The molecule has 0 atom stereocenters. The zero-order chi connectivity index (χ0) is 14.4. The highest BCUT2D eigenvalue weighted by molar-refractivity contribution is 6.62. The number of pyridine rings is 1. The van der Waals surface area contributed by atoms with E-state index in [1.54, 1.807) is 0 Å². The zero-order valence-electron chi connectivity index (χ0n) is 13.0. The lowest BCUT2D eigenvalue weighted by atomic mass is 9.78. The molecule has 1 saturated heterocycles. The second-order valence-corrected chi connectivity index (χ2v) is 7.08. The largest absolute Gasteiger partial charge is 0.494 e. The average Bonchev–Trinajstić information content (AvgIpc) is 2.97. The predicted molar refractivity (Wildman–Crippen MR) is 81.2 cm³/mol. The molecule has 1 aliphatic carbocycles. The van der Waals surface area contributed by atoms with Gasteiger partial charge in [0.1, 0.15) is 0 Å². The van der Waals surface area contributed by atoms with E-state index < -0.39 is 0 Å². The van der Waals surface area contributed by atoms with Crippen molar-refractivity contribution in [2.75, 3.05) is 0 Å². The van der Waals surface area contributed by atoms with Crippen LogP contribution in [0, 0.1) is 0 Å². The van der Waals surface area contributed by atoms with Gasteiger partial charge in [0.2, 0.25) is 0 Å². The van der Waals surface area contributed by atoms with Gasteiger partial charge in [-0.25, -0.2) is 0 Å². The standard InChI is InChI=1S/C16H24BNO2/c1-15(2)16(3,4)20-17(19-15)13-9-10-18-14(11-13)12-7-5-6-8-12/h9-12H,5-8H2,1-4H3. The first kappa shape index (κ1) is 14.1. The first-order valence-corrected chi connectivity index (χ1v) is 7.70. The van der Waals surface area contributed by atoms with E-state index >= 15 is 0 Å². The number of aromatic nitrogens is 1. The van der Waals surface area contributed by atoms with E-state index in [2.05, 4.69) is 38.7 Å². The Kier molecular flexibility index (Phi) is 3.42. The molecule has 0 N–H and O–H groups in total. The molecule has 108 valence electrons. The van der Waals surface area contributed by atoms with E-state index in [1.165, 1.54) is 31.4 Å². The van der Waals surface area contributed by atoms with Crippen LogP contribution in [0.5, 0.6) is 0 Å². The highest BCUT2D eigenvalue weighted by Crippen LogP contribution is 2.37. The molecule has 0 bridgehead atoms. The first-order chi connectivity index (χ1) is 9.39. The third-order valence-corrected chi connectivity index (χ3v) is 5.10. The number of hydrogen-bond donors (Lipinski definition) is 0. The van der Waals surface area contributed by atoms with Gasteiger partial charge in [-0.1, -0.05) is 12.8 Å². The first-order valence-electron chi connectivity index (χ1n) is 7.70. The van der Waals surface area contributed by atoms with Crippen molar-refractivity contribution in [1.29, 1.82) is 0 Å². The van der Waals surface area contributed by atoms with Crippen LogP contribution in [-0.4, -0.2) is 23.3 Å². The van der Waals surface area contributed by atoms with Crippen LogP contribution < -0.4 is 5.46 Å². The van der Waals surface area contributed by atoms with Gasteiger partial charge in [0.05, 0.1) is 11.2 Å². The lowest BCUT2D eigenvalue weighted by molar-refractivity contribution is 0.00578. The molecule has 2 fully saturated rings. The maximum atomic E-state index is 6.12. The molecule has 1 aromatic heterocycles. The molecule has 0 aromatic carbocycles. The third-order valence-electron chi connectivity index (χ3n) is 5.10. The van der Waals surface area contributed by atoms with Gasteiger partial charge in [0.25, 0.3) is 0 Å². The van der Waals surface area contributed by atoms with Crippen molar-refractivity contribution in [2.45, 2.75) is 70.5 Å². The Hall–Kier alpha value is -0.865. The lowest BCUT2D eigenvalue weighted by Gasteiger charge is -2.32. The average molecular weight is 273 g/mol. The van der Waals surface area contributed by atoms with E-state index in [4.69, 9.17) is 9.31 Å². The molecular formula is C16H24BNO2. The van der Waals surface area contributed by atoms with Crippen LogP contribution in [0.4, 0.5) is 0 Å². The molecule has 0 amide bonds. The summed E-state index contributed by atoms with van der Waals surface area (Å²) in [6, 6.07) is 4.19. The van der Waals surface area contributed by atoms with Crippen molar-refractivity contribution >= 4 is 12.6 Å². The summed E-state index contributed by atoms with van der Waals surface area (Å²) in [5, 5.41) is 0. The fraction of sp³-hybridized carbons (Fsp3) is 0.688. The zero-order valence-corrected chi connectivity index (χ0v) is 13.0. The second-order valence-electron chi connectivity index (χ2n) is 7.08. The molecule has 2 aliphatic rings. The maximum absolute atomic E-state index is 6.12. The van der Waals surface area contributed by atoms with Crippen molar-refractivity contribution in [1.82, 2.24) is 4.98 Å². The Morgan fingerprint density at radius 2 is 1.70 bits per heavy atom. The fourth-order valence-electron chi connectivity index (χ4n) is 3.04. The summed E-state index contributed by atoms with van der Waals surface area (Å²) in [5.41, 5.74) is 1.73. The molecule has 1 saturated carbocycles. The van der Waals surface area contributed by atoms with Gasteiger partial charge < -0.3 is 9.31 Å². The van der Waals surface area contributed by atoms with Gasteiger partial charge in [0, 0.05) is 17.8 Å². The summed E-state index contributed by atoms with van der Waals surface area (Å²) in [6.45, 7) is 8.36. The van der Waals surface area contributed by atoms with Gasteiger partial charge in [-0.05, 0) is 58.1 Å². The minimum absolute atomic E-state index is 0.275. The number of rotatable bonds is 2. The Morgan fingerprint density at radius 1 is 1.10 bits per heavy atom. The summed E-state index contributed by atoms with van der Waals surface area (Å²) in [6.07, 6.45) is 7.08. The smallest absolute Gasteiger partial charge is 0.399 e. The van der Waals surface area contributed by atoms with Gasteiger partial charge in [-0.15, -0.1) is 0 Å². The van der Waals surface area contributed by atoms with Gasteiger partial charge in [-0.3, -0.25) is 4.98 Å². The summed E-state index contributed by atoms with van der Waals surface area (Å²) < 4.78 is 12.2. The predicted octanol–water partition coefficient (Wildman–Crippen LogP) is 3.04. The van der Waals surface area contributed by atoms with Crippen LogP contribution in [-0.2, 0) is 9.31 Å². The molecule has 1 aromatic rings. The topological polar surface area (TPSA) is 31.4 Å². The van der Waals surface area contributed by atoms with E-state index in [1.807, 2.05) is 12.3 Å². The summed E-state index contributed by atoms with van der Waals surface area (Å²) >= 11 is 0. The molecule has 0 spiro atoms. The summed E-state index contributed by atoms with van der Waals surface area (Å²) in [4.78, 5) is 4.55. The molecule has 2 heterocycles. The van der Waals surface area contributed by atoms with Crippen molar-refractivity contribution < 1.29 is 9.31 Å². The van der Waals surface area contributed by atoms with Crippen LogP contribution in [0.1, 0.15) is 65.0 Å². The number of nitrogens with zero attached hydrogens (tertiary/aromatic N) is 1. The lowest BCUT2D eigenvalue weighted by Crippen LogP contribution is -2.41. The van der Waals surface area contributed by atoms with Gasteiger partial charge in [-0.2, -0.15) is 0 Å². The molecule has 4 heteroatoms. The normalized spacial score (nSPS) is 25.3. The van der Waals surface area contributed by atoms with E-state index in [-0.39, 0.29) is 18.3 Å². The Labute approximate surface area is 122 Å². The van der Waals surface area contributed by atoms with E-state index in [9.17, 15) is 0 Å². The summed E-state index contributed by atoms with van der Waals surface area (Å²) in [5.74, 6) is 0.623. The van der Waals surface area contributed by atoms with Crippen LogP contribution >= 0.6 is 0 Å². The molecule has 3 nitrogen and oxygen atoms in total. The quantitative estimate of drug-likeness (QED) is 0.776. The van der Waals surface area contributed by atoms with Crippen molar-refractivity contribution in [2.24, 2.45) is 0 Å². The maximum Gasteiger partial charge on any atom is 0.494 e. The highest BCUT2D eigenvalue weighted by Gasteiger charge is 2.51. The van der Waals surface area contributed by atoms with Crippen molar-refractivity contribution in [3.8, 4) is 0 Å². The van der Waals surface area contributed by atoms with Gasteiger partial charge in [0.15, 0.2) is 0 Å². The monoisotopic (exact) mass is 273 g/mol. The van der Waals surface area contributed by atoms with Crippen molar-refractivity contribution in [3.05, 3.63) is 24.0 Å². The number of hydrogen-bond acceptors (Lipinski definition) is 3. The molecule has 3 rings (SSSR count). The Balaban J connectivity index is 1.83. The molecule has 0 unspecified atom stereocenters. The van der Waals surface area contributed by atoms with Crippen LogP contribution in [0.3, 0.4) is 0 Å². The SMILES string of the molecule is CC1(C)OB(c2ccnc(C3CCCC3)c2)OC1(C)C.